The van der Waals surface area contributed by atoms with E-state index < -0.39 is 5.56 Å². The smallest absolute Gasteiger partial charge is 0.282 e. The predicted molar refractivity (Wildman–Crippen MR) is 137 cm³/mol. The summed E-state index contributed by atoms with van der Waals surface area (Å²) in [6.45, 7) is 12.3. The highest BCUT2D eigenvalue weighted by Gasteiger charge is 2.28. The van der Waals surface area contributed by atoms with Crippen molar-refractivity contribution in [2.75, 3.05) is 13.1 Å². The molecule has 1 heterocycles. The van der Waals surface area contributed by atoms with Crippen molar-refractivity contribution < 1.29 is 9.59 Å². The van der Waals surface area contributed by atoms with E-state index in [0.717, 1.165) is 23.1 Å². The summed E-state index contributed by atoms with van der Waals surface area (Å²) < 4.78 is 1.44. The molecule has 0 atom stereocenters. The summed E-state index contributed by atoms with van der Waals surface area (Å²) in [7, 11) is 0. The van der Waals surface area contributed by atoms with E-state index in [9.17, 15) is 14.4 Å². The van der Waals surface area contributed by atoms with E-state index in [2.05, 4.69) is 5.10 Å². The van der Waals surface area contributed by atoms with Gasteiger partial charge in [-0.15, -0.1) is 0 Å². The molecule has 0 fully saturated rings. The fraction of sp³-hybridized carbons (Fsp3) is 0.393. The number of hydrogen-bond donors (Lipinski definition) is 1. The van der Waals surface area contributed by atoms with Crippen LogP contribution in [0.25, 0.3) is 16.9 Å². The fourth-order valence-corrected chi connectivity index (χ4v) is 4.04. The number of ketones is 1. The number of nitrogens with zero attached hydrogens (tertiary/aromatic N) is 2. The van der Waals surface area contributed by atoms with Crippen molar-refractivity contribution in [1.29, 1.82) is 0 Å². The normalized spacial score (nSPS) is 11.5. The van der Waals surface area contributed by atoms with E-state index in [0.29, 0.717) is 24.3 Å². The summed E-state index contributed by atoms with van der Waals surface area (Å²) in [5.74, 6) is -0.436. The summed E-state index contributed by atoms with van der Waals surface area (Å²) in [5.41, 5.74) is 3.41. The van der Waals surface area contributed by atoms with Gasteiger partial charge in [-0.2, -0.15) is 0 Å². The number of amides is 1. The van der Waals surface area contributed by atoms with Crippen LogP contribution >= 0.6 is 0 Å². The third-order valence-electron chi connectivity index (χ3n) is 5.91. The van der Waals surface area contributed by atoms with Gasteiger partial charge >= 0.3 is 0 Å². The number of aromatic nitrogens is 2. The van der Waals surface area contributed by atoms with Crippen LogP contribution in [-0.2, 0) is 4.79 Å². The number of rotatable bonds is 8. The van der Waals surface area contributed by atoms with Crippen molar-refractivity contribution in [3.05, 3.63) is 75.6 Å². The Hall–Kier alpha value is -3.41. The first kappa shape index (κ1) is 25.2. The number of carbonyl (C=O) groups is 2. The minimum Gasteiger partial charge on any atom is -0.335 e. The third kappa shape index (κ3) is 5.56. The molecule has 180 valence electrons. The van der Waals surface area contributed by atoms with E-state index >= 15 is 0 Å². The summed E-state index contributed by atoms with van der Waals surface area (Å²) >= 11 is 0. The maximum Gasteiger partial charge on any atom is 0.282 e. The Balaban J connectivity index is 2.09. The number of benzene rings is 2. The zero-order valence-electron chi connectivity index (χ0n) is 21.1. The maximum absolute atomic E-state index is 13.6. The number of Topliss-reactive ketones (excluding diaryl/α,β-unsaturated/α-hetero) is 1. The van der Waals surface area contributed by atoms with E-state index in [1.807, 2.05) is 90.1 Å². The van der Waals surface area contributed by atoms with Crippen LogP contribution in [0.5, 0.6) is 0 Å². The Morgan fingerprint density at radius 1 is 1.00 bits per heavy atom. The highest BCUT2D eigenvalue weighted by atomic mass is 16.2. The van der Waals surface area contributed by atoms with Gasteiger partial charge in [-0.05, 0) is 42.9 Å². The lowest BCUT2D eigenvalue weighted by atomic mass is 9.91. The Bertz CT molecular complexity index is 1230. The molecule has 0 saturated heterocycles. The maximum atomic E-state index is 13.6. The zero-order valence-corrected chi connectivity index (χ0v) is 21.1. The Kier molecular flexibility index (Phi) is 7.60. The Morgan fingerprint density at radius 3 is 2.29 bits per heavy atom. The molecule has 1 amide bonds. The summed E-state index contributed by atoms with van der Waals surface area (Å²) in [5, 5.41) is 3.18. The number of H-pyrrole nitrogens is 1. The molecule has 0 aliphatic heterocycles. The Morgan fingerprint density at radius 2 is 1.68 bits per heavy atom. The van der Waals surface area contributed by atoms with Gasteiger partial charge in [0.25, 0.3) is 5.56 Å². The van der Waals surface area contributed by atoms with Gasteiger partial charge in [0.15, 0.2) is 5.78 Å². The molecule has 34 heavy (non-hydrogen) atoms. The summed E-state index contributed by atoms with van der Waals surface area (Å²) in [6.07, 6.45) is 1.07. The molecule has 0 saturated carbocycles. The monoisotopic (exact) mass is 461 g/mol. The predicted octanol–water partition coefficient (Wildman–Crippen LogP) is 5.31. The lowest BCUT2D eigenvalue weighted by molar-refractivity contribution is -0.132. The summed E-state index contributed by atoms with van der Waals surface area (Å²) in [6, 6.07) is 15.1. The standard InChI is InChI=1S/C28H35N3O3/c1-7-16-30(24(33)17-28(4,5)6)18-23(32)25-26(21-13-9-8-10-14-21)29-31(27(25)34)22-15-11-12-19(2)20(22)3/h8-15,29H,7,16-18H2,1-6H3. The molecule has 0 aliphatic rings. The number of hydrogen-bond acceptors (Lipinski definition) is 3. The van der Waals surface area contributed by atoms with Crippen molar-refractivity contribution in [3.63, 3.8) is 0 Å². The second kappa shape index (κ2) is 10.2. The zero-order chi connectivity index (χ0) is 25.0. The minimum absolute atomic E-state index is 0.0747. The molecule has 1 N–H and O–H groups in total. The molecule has 6 heteroatoms. The molecule has 0 radical (unpaired) electrons. The van der Waals surface area contributed by atoms with E-state index in [-0.39, 0.29) is 29.2 Å². The molecule has 0 spiro atoms. The number of aromatic amines is 1. The average Bonchev–Trinajstić information content (AvgIpc) is 3.11. The van der Waals surface area contributed by atoms with Crippen LogP contribution in [0.2, 0.25) is 0 Å². The van der Waals surface area contributed by atoms with Crippen LogP contribution in [-0.4, -0.2) is 39.5 Å². The highest BCUT2D eigenvalue weighted by Crippen LogP contribution is 2.24. The van der Waals surface area contributed by atoms with Crippen LogP contribution in [0.3, 0.4) is 0 Å². The van der Waals surface area contributed by atoms with Crippen molar-refractivity contribution in [2.24, 2.45) is 5.41 Å². The topological polar surface area (TPSA) is 75.2 Å². The molecular formula is C28H35N3O3. The fourth-order valence-electron chi connectivity index (χ4n) is 4.04. The third-order valence-corrected chi connectivity index (χ3v) is 5.91. The van der Waals surface area contributed by atoms with Gasteiger partial charge in [0.2, 0.25) is 5.91 Å². The van der Waals surface area contributed by atoms with Crippen molar-refractivity contribution >= 4 is 11.7 Å². The van der Waals surface area contributed by atoms with Crippen LogP contribution in [0.15, 0.2) is 53.3 Å². The first-order valence-electron chi connectivity index (χ1n) is 11.8. The molecule has 0 unspecified atom stereocenters. The van der Waals surface area contributed by atoms with Crippen LogP contribution in [0, 0.1) is 19.3 Å². The largest absolute Gasteiger partial charge is 0.335 e. The molecule has 6 nitrogen and oxygen atoms in total. The van der Waals surface area contributed by atoms with Crippen molar-refractivity contribution in [3.8, 4) is 16.9 Å². The first-order valence-corrected chi connectivity index (χ1v) is 11.8. The van der Waals surface area contributed by atoms with Crippen molar-refractivity contribution in [2.45, 2.75) is 54.4 Å². The molecule has 3 aromatic rings. The molecule has 3 rings (SSSR count). The van der Waals surface area contributed by atoms with Crippen LogP contribution < -0.4 is 5.56 Å². The van der Waals surface area contributed by atoms with Gasteiger partial charge < -0.3 is 4.90 Å². The quantitative estimate of drug-likeness (QED) is 0.462. The lowest BCUT2D eigenvalue weighted by Gasteiger charge is -2.25. The van der Waals surface area contributed by atoms with Gasteiger partial charge in [-0.25, -0.2) is 4.68 Å². The SMILES string of the molecule is CCCN(CC(=O)c1c(-c2ccccc2)[nH]n(-c2cccc(C)c2C)c1=O)C(=O)CC(C)(C)C. The van der Waals surface area contributed by atoms with E-state index in [1.54, 1.807) is 4.90 Å². The van der Waals surface area contributed by atoms with Gasteiger partial charge in [0.05, 0.1) is 17.9 Å². The molecule has 2 aromatic carbocycles. The second-order valence-corrected chi connectivity index (χ2v) is 10.1. The van der Waals surface area contributed by atoms with Gasteiger partial charge in [0.1, 0.15) is 5.56 Å². The lowest BCUT2D eigenvalue weighted by Crippen LogP contribution is -2.39. The second-order valence-electron chi connectivity index (χ2n) is 10.1. The molecule has 1 aromatic heterocycles. The van der Waals surface area contributed by atoms with Crippen molar-refractivity contribution in [1.82, 2.24) is 14.7 Å². The average molecular weight is 462 g/mol. The minimum atomic E-state index is -0.405. The van der Waals surface area contributed by atoms with E-state index in [4.69, 9.17) is 0 Å². The van der Waals surface area contributed by atoms with Gasteiger partial charge in [0, 0.05) is 18.5 Å². The van der Waals surface area contributed by atoms with Gasteiger partial charge in [-0.1, -0.05) is 70.2 Å². The van der Waals surface area contributed by atoms with Gasteiger partial charge in [-0.3, -0.25) is 19.5 Å². The Labute approximate surface area is 201 Å². The molecular weight excluding hydrogens is 426 g/mol. The van der Waals surface area contributed by atoms with Crippen LogP contribution in [0.1, 0.15) is 62.0 Å². The van der Waals surface area contributed by atoms with E-state index in [1.165, 1.54) is 4.68 Å². The first-order chi connectivity index (χ1) is 16.0. The summed E-state index contributed by atoms with van der Waals surface area (Å²) in [4.78, 5) is 41.7. The number of carbonyl (C=O) groups excluding carboxylic acids is 2. The van der Waals surface area contributed by atoms with Crippen LogP contribution in [0.4, 0.5) is 0 Å². The number of nitrogens with one attached hydrogen (secondary N) is 1. The highest BCUT2D eigenvalue weighted by molar-refractivity contribution is 6.03. The number of aryl methyl sites for hydroxylation is 1. The molecule has 0 bridgehead atoms. The molecule has 0 aliphatic carbocycles.